The first-order valence-corrected chi connectivity index (χ1v) is 7.34. The fraction of sp³-hybridized carbons (Fsp3) is 0.714. The van der Waals surface area contributed by atoms with E-state index >= 15 is 0 Å². The number of anilines is 2. The second-order valence-corrected chi connectivity index (χ2v) is 5.53. The van der Waals surface area contributed by atoms with Crippen molar-refractivity contribution in [3.05, 3.63) is 12.4 Å². The highest BCUT2D eigenvalue weighted by molar-refractivity contribution is 5.51. The van der Waals surface area contributed by atoms with E-state index in [-0.39, 0.29) is 18.8 Å². The molecule has 20 heavy (non-hydrogen) atoms. The van der Waals surface area contributed by atoms with E-state index in [2.05, 4.69) is 26.7 Å². The van der Waals surface area contributed by atoms with E-state index in [0.717, 1.165) is 50.7 Å². The minimum Gasteiger partial charge on any atom is -0.394 e. The molecule has 6 nitrogen and oxygen atoms in total. The molecule has 0 unspecified atom stereocenters. The minimum absolute atomic E-state index is 0.188. The minimum atomic E-state index is 0.188. The summed E-state index contributed by atoms with van der Waals surface area (Å²) in [6.07, 6.45) is 4.00. The smallest absolute Gasteiger partial charge is 0.134 e. The normalized spacial score (nSPS) is 27.1. The lowest BCUT2D eigenvalue weighted by Crippen LogP contribution is -2.41. The van der Waals surface area contributed by atoms with Crippen LogP contribution in [0, 0.1) is 0 Å². The zero-order valence-electron chi connectivity index (χ0n) is 11.9. The molecule has 1 aromatic rings. The molecule has 2 aliphatic heterocycles. The van der Waals surface area contributed by atoms with Gasteiger partial charge < -0.3 is 19.6 Å². The summed E-state index contributed by atoms with van der Waals surface area (Å²) in [5.41, 5.74) is 0. The molecule has 0 bridgehead atoms. The Morgan fingerprint density at radius 3 is 3.00 bits per heavy atom. The predicted molar refractivity (Wildman–Crippen MR) is 77.1 cm³/mol. The molecule has 0 saturated carbocycles. The second-order valence-electron chi connectivity index (χ2n) is 5.53. The Hall–Kier alpha value is -1.40. The number of hydrogen-bond acceptors (Lipinski definition) is 6. The van der Waals surface area contributed by atoms with E-state index in [9.17, 15) is 5.11 Å². The topological polar surface area (TPSA) is 61.7 Å². The van der Waals surface area contributed by atoms with Crippen LogP contribution in [-0.4, -0.2) is 60.1 Å². The molecule has 2 saturated heterocycles. The third kappa shape index (κ3) is 2.71. The molecule has 1 aromatic heterocycles. The molecule has 0 aromatic carbocycles. The van der Waals surface area contributed by atoms with E-state index in [1.165, 1.54) is 0 Å². The standard InChI is InChI=1S/C14H22N4O2/c1-11-8-17(5-6-20-11)13-7-14(16-10-15-13)18-4-2-3-12(18)9-19/h7,10-12,19H,2-6,8-9H2,1H3/t11-,12+/m0/s1. The highest BCUT2D eigenvalue weighted by Gasteiger charge is 2.26. The van der Waals surface area contributed by atoms with Gasteiger partial charge in [0, 0.05) is 25.7 Å². The Kier molecular flexibility index (Phi) is 4.03. The largest absolute Gasteiger partial charge is 0.394 e. The first-order valence-electron chi connectivity index (χ1n) is 7.34. The van der Waals surface area contributed by atoms with Crippen LogP contribution in [0.3, 0.4) is 0 Å². The third-order valence-corrected chi connectivity index (χ3v) is 4.09. The summed E-state index contributed by atoms with van der Waals surface area (Å²) in [5, 5.41) is 9.44. The van der Waals surface area contributed by atoms with Crippen molar-refractivity contribution in [3.63, 3.8) is 0 Å². The molecular weight excluding hydrogens is 256 g/mol. The van der Waals surface area contributed by atoms with Crippen LogP contribution in [0.15, 0.2) is 12.4 Å². The molecule has 0 spiro atoms. The van der Waals surface area contributed by atoms with Gasteiger partial charge in [0.2, 0.25) is 0 Å². The summed E-state index contributed by atoms with van der Waals surface area (Å²) in [6, 6.07) is 2.23. The van der Waals surface area contributed by atoms with Crippen molar-refractivity contribution < 1.29 is 9.84 Å². The number of rotatable bonds is 3. The molecule has 2 fully saturated rings. The number of hydrogen-bond donors (Lipinski definition) is 1. The van der Waals surface area contributed by atoms with Gasteiger partial charge >= 0.3 is 0 Å². The summed E-state index contributed by atoms with van der Waals surface area (Å²) in [6.45, 7) is 5.69. The molecule has 3 rings (SSSR count). The SMILES string of the molecule is C[C@H]1CN(c2cc(N3CCC[C@@H]3CO)ncn2)CCO1. The molecule has 0 aliphatic carbocycles. The highest BCUT2D eigenvalue weighted by Crippen LogP contribution is 2.26. The fourth-order valence-corrected chi connectivity index (χ4v) is 3.02. The van der Waals surface area contributed by atoms with Crippen molar-refractivity contribution in [2.75, 3.05) is 42.6 Å². The maximum atomic E-state index is 9.44. The molecule has 2 aliphatic rings. The van der Waals surface area contributed by atoms with Gasteiger partial charge in [-0.05, 0) is 19.8 Å². The number of morpholine rings is 1. The fourth-order valence-electron chi connectivity index (χ4n) is 3.02. The molecular formula is C14H22N4O2. The van der Waals surface area contributed by atoms with Gasteiger partial charge in [-0.1, -0.05) is 0 Å². The molecule has 6 heteroatoms. The van der Waals surface area contributed by atoms with Crippen LogP contribution in [0.5, 0.6) is 0 Å². The first kappa shape index (κ1) is 13.6. The quantitative estimate of drug-likeness (QED) is 0.876. The Morgan fingerprint density at radius 1 is 1.35 bits per heavy atom. The molecule has 0 radical (unpaired) electrons. The lowest BCUT2D eigenvalue weighted by Gasteiger charge is -2.32. The molecule has 110 valence electrons. The predicted octanol–water partition coefficient (Wildman–Crippen LogP) is 0.663. The highest BCUT2D eigenvalue weighted by atomic mass is 16.5. The summed E-state index contributed by atoms with van der Waals surface area (Å²) in [7, 11) is 0. The zero-order valence-corrected chi connectivity index (χ0v) is 11.9. The average molecular weight is 278 g/mol. The van der Waals surface area contributed by atoms with Crippen LogP contribution >= 0.6 is 0 Å². The number of aromatic nitrogens is 2. The van der Waals surface area contributed by atoms with Crippen LogP contribution in [0.1, 0.15) is 19.8 Å². The Labute approximate surface area is 119 Å². The van der Waals surface area contributed by atoms with Crippen LogP contribution in [0.2, 0.25) is 0 Å². The van der Waals surface area contributed by atoms with Crippen molar-refractivity contribution >= 4 is 11.6 Å². The lowest BCUT2D eigenvalue weighted by atomic mass is 10.2. The third-order valence-electron chi connectivity index (χ3n) is 4.09. The van der Waals surface area contributed by atoms with Gasteiger partial charge in [0.25, 0.3) is 0 Å². The van der Waals surface area contributed by atoms with Gasteiger partial charge in [-0.2, -0.15) is 0 Å². The Balaban J connectivity index is 1.78. The van der Waals surface area contributed by atoms with E-state index < -0.39 is 0 Å². The van der Waals surface area contributed by atoms with Gasteiger partial charge in [0.15, 0.2) is 0 Å². The van der Waals surface area contributed by atoms with Crippen molar-refractivity contribution in [3.8, 4) is 0 Å². The van der Waals surface area contributed by atoms with Gasteiger partial charge in [-0.3, -0.25) is 0 Å². The van der Waals surface area contributed by atoms with Crippen LogP contribution < -0.4 is 9.80 Å². The average Bonchev–Trinajstić information content (AvgIpc) is 2.96. The van der Waals surface area contributed by atoms with Gasteiger partial charge in [0.05, 0.1) is 25.4 Å². The van der Waals surface area contributed by atoms with Crippen molar-refractivity contribution in [2.24, 2.45) is 0 Å². The van der Waals surface area contributed by atoms with E-state index in [0.29, 0.717) is 0 Å². The Morgan fingerprint density at radius 2 is 2.20 bits per heavy atom. The van der Waals surface area contributed by atoms with Crippen molar-refractivity contribution in [1.29, 1.82) is 0 Å². The molecule has 3 heterocycles. The van der Waals surface area contributed by atoms with Crippen LogP contribution in [-0.2, 0) is 4.74 Å². The van der Waals surface area contributed by atoms with Gasteiger partial charge in [0.1, 0.15) is 18.0 Å². The summed E-state index contributed by atoms with van der Waals surface area (Å²) in [4.78, 5) is 13.2. The maximum absolute atomic E-state index is 9.44. The van der Waals surface area contributed by atoms with Gasteiger partial charge in [-0.15, -0.1) is 0 Å². The van der Waals surface area contributed by atoms with E-state index in [1.54, 1.807) is 6.33 Å². The number of nitrogens with zero attached hydrogens (tertiary/aromatic N) is 4. The van der Waals surface area contributed by atoms with Gasteiger partial charge in [-0.25, -0.2) is 9.97 Å². The summed E-state index contributed by atoms with van der Waals surface area (Å²) >= 11 is 0. The maximum Gasteiger partial charge on any atom is 0.134 e. The van der Waals surface area contributed by atoms with Crippen molar-refractivity contribution in [2.45, 2.75) is 31.9 Å². The zero-order chi connectivity index (χ0) is 13.9. The van der Waals surface area contributed by atoms with Crippen molar-refractivity contribution in [1.82, 2.24) is 9.97 Å². The van der Waals surface area contributed by atoms with E-state index in [1.807, 2.05) is 6.07 Å². The molecule has 0 amide bonds. The van der Waals surface area contributed by atoms with Crippen LogP contribution in [0.25, 0.3) is 0 Å². The second kappa shape index (κ2) is 5.93. The monoisotopic (exact) mass is 278 g/mol. The summed E-state index contributed by atoms with van der Waals surface area (Å²) < 4.78 is 5.57. The number of ether oxygens (including phenoxy) is 1. The number of aliphatic hydroxyl groups is 1. The lowest BCUT2D eigenvalue weighted by molar-refractivity contribution is 0.0529. The Bertz CT molecular complexity index is 457. The molecule has 2 atom stereocenters. The van der Waals surface area contributed by atoms with E-state index in [4.69, 9.17) is 4.74 Å². The molecule has 1 N–H and O–H groups in total. The summed E-state index contributed by atoms with van der Waals surface area (Å²) in [5.74, 6) is 1.87. The number of aliphatic hydroxyl groups excluding tert-OH is 1. The van der Waals surface area contributed by atoms with Crippen LogP contribution in [0.4, 0.5) is 11.6 Å². The first-order chi connectivity index (χ1) is 9.78.